The van der Waals surface area contributed by atoms with Gasteiger partial charge in [-0.3, -0.25) is 9.59 Å². The number of nitrogens with one attached hydrogen (secondary N) is 3. The Bertz CT molecular complexity index is 775. The topological polar surface area (TPSA) is 79.5 Å². The van der Waals surface area contributed by atoms with Gasteiger partial charge in [-0.05, 0) is 29.7 Å². The number of hydrogen-bond acceptors (Lipinski definition) is 4. The fourth-order valence-corrected chi connectivity index (χ4v) is 2.88. The van der Waals surface area contributed by atoms with Gasteiger partial charge in [0.25, 0.3) is 0 Å². The average Bonchev–Trinajstić information content (AvgIpc) is 2.62. The van der Waals surface area contributed by atoms with Crippen molar-refractivity contribution in [2.45, 2.75) is 26.8 Å². The second-order valence-electron chi connectivity index (χ2n) is 6.66. The summed E-state index contributed by atoms with van der Waals surface area (Å²) in [7, 11) is 1.53. The maximum Gasteiger partial charge on any atom is 0.238 e. The number of hydrogen-bond donors (Lipinski definition) is 3. The molecule has 0 saturated heterocycles. The summed E-state index contributed by atoms with van der Waals surface area (Å²) in [5.74, 6) is 0.496. The molecule has 6 heteroatoms. The van der Waals surface area contributed by atoms with Gasteiger partial charge in [-0.1, -0.05) is 44.2 Å². The van der Waals surface area contributed by atoms with Crippen molar-refractivity contribution in [1.29, 1.82) is 0 Å². The van der Waals surface area contributed by atoms with Crippen molar-refractivity contribution >= 4 is 23.2 Å². The molecule has 0 aromatic heterocycles. The molecule has 0 aliphatic heterocycles. The molecule has 0 aliphatic carbocycles. The van der Waals surface area contributed by atoms with E-state index in [1.54, 1.807) is 18.2 Å². The molecular formula is C21H27N3O3. The van der Waals surface area contributed by atoms with Crippen molar-refractivity contribution in [3.8, 4) is 5.75 Å². The third-order valence-electron chi connectivity index (χ3n) is 4.10. The van der Waals surface area contributed by atoms with E-state index in [1.807, 2.05) is 18.2 Å². The van der Waals surface area contributed by atoms with E-state index in [4.69, 9.17) is 4.74 Å². The summed E-state index contributed by atoms with van der Waals surface area (Å²) in [5.41, 5.74) is 2.25. The Morgan fingerprint density at radius 2 is 1.74 bits per heavy atom. The van der Waals surface area contributed by atoms with Gasteiger partial charge < -0.3 is 20.7 Å². The quantitative estimate of drug-likeness (QED) is 0.664. The van der Waals surface area contributed by atoms with Crippen molar-refractivity contribution in [3.63, 3.8) is 0 Å². The van der Waals surface area contributed by atoms with Crippen molar-refractivity contribution in [2.75, 3.05) is 24.3 Å². The Morgan fingerprint density at radius 3 is 2.33 bits per heavy atom. The van der Waals surface area contributed by atoms with Crippen LogP contribution in [0.2, 0.25) is 0 Å². The van der Waals surface area contributed by atoms with Crippen LogP contribution in [0.4, 0.5) is 11.4 Å². The molecule has 0 radical (unpaired) electrons. The van der Waals surface area contributed by atoms with Gasteiger partial charge in [-0.15, -0.1) is 0 Å². The highest BCUT2D eigenvalue weighted by Gasteiger charge is 2.17. The average molecular weight is 369 g/mol. The summed E-state index contributed by atoms with van der Waals surface area (Å²) < 4.78 is 5.29. The van der Waals surface area contributed by atoms with Crippen molar-refractivity contribution in [1.82, 2.24) is 5.32 Å². The van der Waals surface area contributed by atoms with Gasteiger partial charge in [0.2, 0.25) is 11.8 Å². The van der Waals surface area contributed by atoms with Crippen LogP contribution in [0.5, 0.6) is 5.75 Å². The van der Waals surface area contributed by atoms with Crippen LogP contribution in [0.1, 0.15) is 32.4 Å². The molecule has 3 N–H and O–H groups in total. The van der Waals surface area contributed by atoms with E-state index < -0.39 is 0 Å². The third kappa shape index (κ3) is 6.11. The largest absolute Gasteiger partial charge is 0.495 e. The Labute approximate surface area is 160 Å². The SMILES string of the molecule is COc1ccc(NC(C)=O)cc1NC(=O)CN[C@H](c1ccccc1)C(C)C. The second-order valence-corrected chi connectivity index (χ2v) is 6.66. The zero-order valence-electron chi connectivity index (χ0n) is 16.2. The molecule has 0 saturated carbocycles. The van der Waals surface area contributed by atoms with Gasteiger partial charge in [-0.25, -0.2) is 0 Å². The molecular weight excluding hydrogens is 342 g/mol. The Morgan fingerprint density at radius 1 is 1.04 bits per heavy atom. The fourth-order valence-electron chi connectivity index (χ4n) is 2.88. The van der Waals surface area contributed by atoms with Gasteiger partial charge in [0.15, 0.2) is 0 Å². The van der Waals surface area contributed by atoms with Crippen LogP contribution in [0.25, 0.3) is 0 Å². The monoisotopic (exact) mass is 369 g/mol. The fraction of sp³-hybridized carbons (Fsp3) is 0.333. The molecule has 0 spiro atoms. The van der Waals surface area contributed by atoms with Crippen LogP contribution in [0, 0.1) is 5.92 Å². The van der Waals surface area contributed by atoms with Gasteiger partial charge in [-0.2, -0.15) is 0 Å². The molecule has 144 valence electrons. The first-order valence-electron chi connectivity index (χ1n) is 8.94. The van der Waals surface area contributed by atoms with E-state index in [2.05, 4.69) is 41.9 Å². The van der Waals surface area contributed by atoms with Crippen molar-refractivity contribution in [3.05, 3.63) is 54.1 Å². The zero-order chi connectivity index (χ0) is 19.8. The molecule has 2 amide bonds. The molecule has 2 rings (SSSR count). The molecule has 27 heavy (non-hydrogen) atoms. The predicted molar refractivity (Wildman–Crippen MR) is 108 cm³/mol. The highest BCUT2D eigenvalue weighted by Crippen LogP contribution is 2.28. The van der Waals surface area contributed by atoms with E-state index >= 15 is 0 Å². The molecule has 2 aromatic rings. The molecule has 2 aromatic carbocycles. The van der Waals surface area contributed by atoms with Crippen LogP contribution in [-0.4, -0.2) is 25.5 Å². The number of amides is 2. The standard InChI is InChI=1S/C21H27N3O3/c1-14(2)21(16-8-6-5-7-9-16)22-13-20(26)24-18-12-17(23-15(3)25)10-11-19(18)27-4/h5-12,14,21-22H,13H2,1-4H3,(H,23,25)(H,24,26)/t21-/m0/s1. The highest BCUT2D eigenvalue weighted by molar-refractivity contribution is 5.95. The number of carbonyl (C=O) groups excluding carboxylic acids is 2. The first-order valence-corrected chi connectivity index (χ1v) is 8.94. The van der Waals surface area contributed by atoms with Crippen LogP contribution < -0.4 is 20.7 Å². The Hall–Kier alpha value is -2.86. The summed E-state index contributed by atoms with van der Waals surface area (Å²) in [6, 6.07) is 15.2. The minimum absolute atomic E-state index is 0.0737. The highest BCUT2D eigenvalue weighted by atomic mass is 16.5. The number of ether oxygens (including phenoxy) is 1. The first-order chi connectivity index (χ1) is 12.9. The zero-order valence-corrected chi connectivity index (χ0v) is 16.2. The van der Waals surface area contributed by atoms with Crippen LogP contribution in [0.3, 0.4) is 0 Å². The van der Waals surface area contributed by atoms with Gasteiger partial charge in [0.05, 0.1) is 19.3 Å². The number of benzene rings is 2. The maximum absolute atomic E-state index is 12.5. The van der Waals surface area contributed by atoms with Gasteiger partial charge in [0, 0.05) is 18.7 Å². The van der Waals surface area contributed by atoms with E-state index in [0.717, 1.165) is 5.56 Å². The molecule has 0 fully saturated rings. The molecule has 0 bridgehead atoms. The lowest BCUT2D eigenvalue weighted by atomic mass is 9.96. The Kier molecular flexibility index (Phi) is 7.37. The van der Waals surface area contributed by atoms with Crippen LogP contribution in [-0.2, 0) is 9.59 Å². The lowest BCUT2D eigenvalue weighted by molar-refractivity contribution is -0.116. The molecule has 0 aliphatic rings. The number of anilines is 2. The van der Waals surface area contributed by atoms with Crippen LogP contribution in [0.15, 0.2) is 48.5 Å². The van der Waals surface area contributed by atoms with Gasteiger partial charge in [0.1, 0.15) is 5.75 Å². The maximum atomic E-state index is 12.5. The van der Waals surface area contributed by atoms with E-state index in [1.165, 1.54) is 14.0 Å². The second kappa shape index (κ2) is 9.73. The summed E-state index contributed by atoms with van der Waals surface area (Å²) in [4.78, 5) is 23.7. The smallest absolute Gasteiger partial charge is 0.238 e. The lowest BCUT2D eigenvalue weighted by Crippen LogP contribution is -2.33. The molecule has 0 heterocycles. The van der Waals surface area contributed by atoms with E-state index in [-0.39, 0.29) is 24.4 Å². The number of methoxy groups -OCH3 is 1. The van der Waals surface area contributed by atoms with E-state index in [9.17, 15) is 9.59 Å². The third-order valence-corrected chi connectivity index (χ3v) is 4.10. The minimum Gasteiger partial charge on any atom is -0.495 e. The first kappa shape index (κ1) is 20.5. The summed E-state index contributed by atoms with van der Waals surface area (Å²) in [6.45, 7) is 5.82. The number of carbonyl (C=O) groups is 2. The minimum atomic E-state index is -0.185. The van der Waals surface area contributed by atoms with Crippen molar-refractivity contribution < 1.29 is 14.3 Å². The summed E-state index contributed by atoms with van der Waals surface area (Å²) in [6.07, 6.45) is 0. The van der Waals surface area contributed by atoms with Gasteiger partial charge >= 0.3 is 0 Å². The Balaban J connectivity index is 2.05. The van der Waals surface area contributed by atoms with Crippen LogP contribution >= 0.6 is 0 Å². The molecule has 6 nitrogen and oxygen atoms in total. The normalized spacial score (nSPS) is 11.7. The number of rotatable bonds is 8. The van der Waals surface area contributed by atoms with Crippen molar-refractivity contribution in [2.24, 2.45) is 5.92 Å². The predicted octanol–water partition coefficient (Wildman–Crippen LogP) is 3.58. The molecule has 0 unspecified atom stereocenters. The summed E-state index contributed by atoms with van der Waals surface area (Å²) >= 11 is 0. The summed E-state index contributed by atoms with van der Waals surface area (Å²) in [5, 5.41) is 8.86. The van der Waals surface area contributed by atoms with E-state index in [0.29, 0.717) is 23.0 Å². The molecule has 1 atom stereocenters. The lowest BCUT2D eigenvalue weighted by Gasteiger charge is -2.23.